The number of aromatic nitrogens is 4. The fourth-order valence-electron chi connectivity index (χ4n) is 3.49. The smallest absolute Gasteiger partial charge is 0.262 e. The van der Waals surface area contributed by atoms with Gasteiger partial charge in [0.25, 0.3) is 5.56 Å². The molecule has 0 radical (unpaired) electrons. The molecule has 32 heavy (non-hydrogen) atoms. The van der Waals surface area contributed by atoms with Crippen LogP contribution in [-0.2, 0) is 17.9 Å². The Morgan fingerprint density at radius 3 is 2.66 bits per heavy atom. The lowest BCUT2D eigenvalue weighted by Gasteiger charge is -2.17. The summed E-state index contributed by atoms with van der Waals surface area (Å²) in [6.45, 7) is 2.96. The fraction of sp³-hybridized carbons (Fsp3) is 0.273. The van der Waals surface area contributed by atoms with Gasteiger partial charge in [-0.2, -0.15) is 0 Å². The van der Waals surface area contributed by atoms with Crippen molar-refractivity contribution < 1.29 is 4.79 Å². The first kappa shape index (κ1) is 22.6. The van der Waals surface area contributed by atoms with Gasteiger partial charge in [0, 0.05) is 20.1 Å². The third-order valence-electron chi connectivity index (χ3n) is 5.08. The zero-order chi connectivity index (χ0) is 22.8. The SMILES string of the molecule is CCCn1c(=O)c2ccccc2n2c(SCC(=O)N(C)Cc3ccc(Cl)c(Cl)c3)nnc12. The van der Waals surface area contributed by atoms with Crippen molar-refractivity contribution in [2.45, 2.75) is 31.6 Å². The average Bonchev–Trinajstić information content (AvgIpc) is 3.21. The maximum atomic E-state index is 12.9. The van der Waals surface area contributed by atoms with E-state index >= 15 is 0 Å². The number of aryl methyl sites for hydroxylation is 1. The number of thioether (sulfide) groups is 1. The van der Waals surface area contributed by atoms with Crippen molar-refractivity contribution in [3.63, 3.8) is 0 Å². The largest absolute Gasteiger partial charge is 0.341 e. The van der Waals surface area contributed by atoms with Crippen LogP contribution < -0.4 is 5.56 Å². The second-order valence-corrected chi connectivity index (χ2v) is 9.14. The van der Waals surface area contributed by atoms with Gasteiger partial charge in [-0.1, -0.05) is 60.1 Å². The fourth-order valence-corrected chi connectivity index (χ4v) is 4.69. The van der Waals surface area contributed by atoms with E-state index in [4.69, 9.17) is 23.2 Å². The Morgan fingerprint density at radius 1 is 1.12 bits per heavy atom. The summed E-state index contributed by atoms with van der Waals surface area (Å²) < 4.78 is 3.49. The van der Waals surface area contributed by atoms with Crippen molar-refractivity contribution in [1.29, 1.82) is 0 Å². The molecule has 4 rings (SSSR count). The van der Waals surface area contributed by atoms with Crippen molar-refractivity contribution in [2.24, 2.45) is 0 Å². The van der Waals surface area contributed by atoms with Gasteiger partial charge in [0.1, 0.15) is 0 Å². The average molecular weight is 490 g/mol. The molecule has 2 aromatic carbocycles. The summed E-state index contributed by atoms with van der Waals surface area (Å²) >= 11 is 13.3. The summed E-state index contributed by atoms with van der Waals surface area (Å²) in [7, 11) is 1.74. The highest BCUT2D eigenvalue weighted by Crippen LogP contribution is 2.24. The number of nitrogens with zero attached hydrogens (tertiary/aromatic N) is 5. The Bertz CT molecular complexity index is 1370. The van der Waals surface area contributed by atoms with Gasteiger partial charge in [-0.3, -0.25) is 18.6 Å². The summed E-state index contributed by atoms with van der Waals surface area (Å²) in [5.41, 5.74) is 1.53. The molecule has 0 unspecified atom stereocenters. The highest BCUT2D eigenvalue weighted by atomic mass is 35.5. The topological polar surface area (TPSA) is 72.5 Å². The van der Waals surface area contributed by atoms with Crippen LogP contribution in [0.2, 0.25) is 10.0 Å². The highest BCUT2D eigenvalue weighted by Gasteiger charge is 2.18. The van der Waals surface area contributed by atoms with Gasteiger partial charge in [-0.15, -0.1) is 10.2 Å². The van der Waals surface area contributed by atoms with Crippen LogP contribution >= 0.6 is 35.0 Å². The predicted octanol–water partition coefficient (Wildman–Crippen LogP) is 4.51. The van der Waals surface area contributed by atoms with Gasteiger partial charge in [-0.25, -0.2) is 0 Å². The van der Waals surface area contributed by atoms with Gasteiger partial charge >= 0.3 is 0 Å². The molecule has 10 heteroatoms. The van der Waals surface area contributed by atoms with E-state index in [2.05, 4.69) is 10.2 Å². The van der Waals surface area contributed by atoms with E-state index in [-0.39, 0.29) is 17.2 Å². The van der Waals surface area contributed by atoms with Crippen LogP contribution in [0.3, 0.4) is 0 Å². The number of fused-ring (bicyclic) bond motifs is 3. The van der Waals surface area contributed by atoms with Crippen molar-refractivity contribution in [3.8, 4) is 0 Å². The van der Waals surface area contributed by atoms with Gasteiger partial charge in [0.05, 0.1) is 26.7 Å². The molecule has 1 amide bonds. The summed E-state index contributed by atoms with van der Waals surface area (Å²) in [4.78, 5) is 27.3. The van der Waals surface area contributed by atoms with Crippen LogP contribution in [0.15, 0.2) is 52.4 Å². The number of carbonyl (C=O) groups is 1. The second kappa shape index (κ2) is 9.52. The first-order valence-electron chi connectivity index (χ1n) is 10.1. The van der Waals surface area contributed by atoms with Crippen molar-refractivity contribution in [3.05, 3.63) is 68.4 Å². The number of hydrogen-bond acceptors (Lipinski definition) is 5. The lowest BCUT2D eigenvalue weighted by molar-refractivity contribution is -0.127. The van der Waals surface area contributed by atoms with E-state index < -0.39 is 0 Å². The van der Waals surface area contributed by atoms with Crippen molar-refractivity contribution in [2.75, 3.05) is 12.8 Å². The third-order valence-corrected chi connectivity index (χ3v) is 6.73. The van der Waals surface area contributed by atoms with Gasteiger partial charge < -0.3 is 4.90 Å². The number of carbonyl (C=O) groups excluding carboxylic acids is 1. The minimum Gasteiger partial charge on any atom is -0.341 e. The molecule has 0 aliphatic heterocycles. The molecule has 2 aromatic heterocycles. The monoisotopic (exact) mass is 489 g/mol. The summed E-state index contributed by atoms with van der Waals surface area (Å²) in [6, 6.07) is 12.7. The molecule has 166 valence electrons. The van der Waals surface area contributed by atoms with Crippen LogP contribution in [0.4, 0.5) is 0 Å². The molecule has 4 aromatic rings. The number of para-hydroxylation sites is 1. The molecule has 0 aliphatic carbocycles. The molecule has 0 aliphatic rings. The molecule has 0 saturated heterocycles. The Labute approximate surface area is 198 Å². The van der Waals surface area contributed by atoms with E-state index in [0.717, 1.165) is 17.5 Å². The van der Waals surface area contributed by atoms with Crippen molar-refractivity contribution >= 4 is 57.6 Å². The molecule has 0 atom stereocenters. The molecular weight excluding hydrogens is 469 g/mol. The number of hydrogen-bond donors (Lipinski definition) is 0. The van der Waals surface area contributed by atoms with E-state index in [1.165, 1.54) is 11.8 Å². The first-order valence-corrected chi connectivity index (χ1v) is 11.8. The van der Waals surface area contributed by atoms with Crippen LogP contribution in [0, 0.1) is 0 Å². The number of amides is 1. The van der Waals surface area contributed by atoms with Crippen LogP contribution in [0.25, 0.3) is 16.7 Å². The predicted molar refractivity (Wildman–Crippen MR) is 129 cm³/mol. The van der Waals surface area contributed by atoms with Gasteiger partial charge in [0.15, 0.2) is 5.16 Å². The number of benzene rings is 2. The molecule has 0 N–H and O–H groups in total. The van der Waals surface area contributed by atoms with E-state index in [1.54, 1.807) is 34.7 Å². The van der Waals surface area contributed by atoms with E-state index in [1.807, 2.05) is 35.6 Å². The van der Waals surface area contributed by atoms with Crippen molar-refractivity contribution in [1.82, 2.24) is 24.1 Å². The summed E-state index contributed by atoms with van der Waals surface area (Å²) in [5.74, 6) is 0.596. The van der Waals surface area contributed by atoms with Gasteiger partial charge in [-0.05, 0) is 36.2 Å². The second-order valence-electron chi connectivity index (χ2n) is 7.38. The molecule has 0 saturated carbocycles. The normalized spacial score (nSPS) is 11.4. The molecule has 7 nitrogen and oxygen atoms in total. The molecule has 0 spiro atoms. The van der Waals surface area contributed by atoms with Crippen LogP contribution in [0.1, 0.15) is 18.9 Å². The molecule has 0 bridgehead atoms. The van der Waals surface area contributed by atoms with E-state index in [9.17, 15) is 9.59 Å². The lowest BCUT2D eigenvalue weighted by atomic mass is 10.2. The zero-order valence-electron chi connectivity index (χ0n) is 17.6. The van der Waals surface area contributed by atoms with E-state index in [0.29, 0.717) is 39.5 Å². The zero-order valence-corrected chi connectivity index (χ0v) is 19.9. The first-order chi connectivity index (χ1) is 15.4. The van der Waals surface area contributed by atoms with Crippen LogP contribution in [0.5, 0.6) is 0 Å². The Kier molecular flexibility index (Phi) is 6.74. The Balaban J connectivity index is 1.58. The quantitative estimate of drug-likeness (QED) is 0.357. The maximum Gasteiger partial charge on any atom is 0.262 e. The molecular formula is C22H21Cl2N5O2S. The minimum atomic E-state index is -0.0867. The Hall–Kier alpha value is -2.55. The Morgan fingerprint density at radius 2 is 1.91 bits per heavy atom. The standard InChI is InChI=1S/C22H21Cl2N5O2S/c1-3-10-28-20(31)15-6-4-5-7-18(15)29-21(28)25-26-22(29)32-13-19(30)27(2)12-14-8-9-16(23)17(24)11-14/h4-9,11H,3,10,12-13H2,1-2H3. The summed E-state index contributed by atoms with van der Waals surface area (Å²) in [6.07, 6.45) is 0.793. The minimum absolute atomic E-state index is 0.0657. The van der Waals surface area contributed by atoms with Crippen LogP contribution in [-0.4, -0.2) is 42.8 Å². The number of rotatable bonds is 7. The number of halogens is 2. The highest BCUT2D eigenvalue weighted by molar-refractivity contribution is 7.99. The third kappa shape index (κ3) is 4.35. The lowest BCUT2D eigenvalue weighted by Crippen LogP contribution is -2.28. The maximum absolute atomic E-state index is 12.9. The molecule has 2 heterocycles. The summed E-state index contributed by atoms with van der Waals surface area (Å²) in [5, 5.41) is 10.6. The molecule has 0 fully saturated rings. The van der Waals surface area contributed by atoms with Gasteiger partial charge in [0.2, 0.25) is 11.7 Å².